The van der Waals surface area contributed by atoms with Crippen molar-refractivity contribution in [2.45, 2.75) is 25.7 Å². The number of hydrogen-bond donors (Lipinski definition) is 1. The van der Waals surface area contributed by atoms with E-state index in [0.29, 0.717) is 11.7 Å². The molecule has 1 aromatic carbocycles. The van der Waals surface area contributed by atoms with Crippen molar-refractivity contribution in [3.05, 3.63) is 35.4 Å². The zero-order chi connectivity index (χ0) is 12.0. The number of aromatic nitrogens is 2. The number of benzene rings is 1. The fourth-order valence-electron chi connectivity index (χ4n) is 2.59. The first kappa shape index (κ1) is 10.4. The van der Waals surface area contributed by atoms with E-state index >= 15 is 0 Å². The minimum atomic E-state index is 0.672. The van der Waals surface area contributed by atoms with Gasteiger partial charge in [-0.05, 0) is 36.0 Å². The standard InChI is InChI=1S/C14H17N3/c1-9-3-4-10-5-6-11(7-12(9)10)13-8-14(15)17(2)16-13/h5-9H,3-4,15H2,1-2H3. The molecule has 2 N–H and O–H groups in total. The van der Waals surface area contributed by atoms with Crippen molar-refractivity contribution in [1.29, 1.82) is 0 Å². The van der Waals surface area contributed by atoms with E-state index in [9.17, 15) is 0 Å². The molecule has 3 nitrogen and oxygen atoms in total. The van der Waals surface area contributed by atoms with E-state index in [4.69, 9.17) is 5.73 Å². The number of nitrogens with two attached hydrogens (primary N) is 1. The first-order valence-electron chi connectivity index (χ1n) is 6.08. The fourth-order valence-corrected chi connectivity index (χ4v) is 2.59. The van der Waals surface area contributed by atoms with Crippen LogP contribution in [-0.2, 0) is 13.5 Å². The second-order valence-corrected chi connectivity index (χ2v) is 4.93. The summed E-state index contributed by atoms with van der Waals surface area (Å²) in [6, 6.07) is 8.59. The molecule has 0 aliphatic heterocycles. The topological polar surface area (TPSA) is 43.8 Å². The number of rotatable bonds is 1. The monoisotopic (exact) mass is 227 g/mol. The van der Waals surface area contributed by atoms with E-state index < -0.39 is 0 Å². The van der Waals surface area contributed by atoms with Crippen molar-refractivity contribution < 1.29 is 0 Å². The normalized spacial score (nSPS) is 18.4. The summed E-state index contributed by atoms with van der Waals surface area (Å²) in [4.78, 5) is 0. The van der Waals surface area contributed by atoms with E-state index in [0.717, 1.165) is 5.69 Å². The Bertz CT molecular complexity index is 549. The highest BCUT2D eigenvalue weighted by Gasteiger charge is 2.19. The molecule has 0 saturated carbocycles. The smallest absolute Gasteiger partial charge is 0.121 e. The largest absolute Gasteiger partial charge is 0.384 e. The highest BCUT2D eigenvalue weighted by atomic mass is 15.3. The number of aryl methyl sites for hydroxylation is 2. The highest BCUT2D eigenvalue weighted by molar-refractivity contribution is 5.64. The highest BCUT2D eigenvalue weighted by Crippen LogP contribution is 2.35. The Balaban J connectivity index is 2.07. The molecule has 1 unspecified atom stereocenters. The second kappa shape index (κ2) is 3.62. The van der Waals surface area contributed by atoms with Crippen LogP contribution in [0.2, 0.25) is 0 Å². The molecule has 88 valence electrons. The van der Waals surface area contributed by atoms with Gasteiger partial charge in [-0.3, -0.25) is 4.68 Å². The molecular weight excluding hydrogens is 210 g/mol. The van der Waals surface area contributed by atoms with Gasteiger partial charge in [0, 0.05) is 18.7 Å². The fraction of sp³-hybridized carbons (Fsp3) is 0.357. The summed E-state index contributed by atoms with van der Waals surface area (Å²) < 4.78 is 1.71. The summed E-state index contributed by atoms with van der Waals surface area (Å²) in [5.74, 6) is 1.37. The zero-order valence-corrected chi connectivity index (χ0v) is 10.3. The van der Waals surface area contributed by atoms with Crippen LogP contribution in [0.15, 0.2) is 24.3 Å². The van der Waals surface area contributed by atoms with Gasteiger partial charge >= 0.3 is 0 Å². The van der Waals surface area contributed by atoms with E-state index in [2.05, 4.69) is 30.2 Å². The zero-order valence-electron chi connectivity index (χ0n) is 10.3. The van der Waals surface area contributed by atoms with Gasteiger partial charge < -0.3 is 5.73 Å². The van der Waals surface area contributed by atoms with Gasteiger partial charge in [0.1, 0.15) is 5.82 Å². The summed E-state index contributed by atoms with van der Waals surface area (Å²) >= 11 is 0. The third-order valence-corrected chi connectivity index (χ3v) is 3.74. The van der Waals surface area contributed by atoms with Crippen molar-refractivity contribution in [2.24, 2.45) is 7.05 Å². The van der Waals surface area contributed by atoms with Crippen molar-refractivity contribution in [1.82, 2.24) is 9.78 Å². The molecule has 0 amide bonds. The third-order valence-electron chi connectivity index (χ3n) is 3.74. The number of hydrogen-bond acceptors (Lipinski definition) is 2. The molecule has 1 aromatic heterocycles. The van der Waals surface area contributed by atoms with Crippen LogP contribution >= 0.6 is 0 Å². The average molecular weight is 227 g/mol. The Morgan fingerprint density at radius 2 is 2.18 bits per heavy atom. The van der Waals surface area contributed by atoms with Crippen LogP contribution in [0.25, 0.3) is 11.3 Å². The lowest BCUT2D eigenvalue weighted by atomic mass is 9.99. The number of anilines is 1. The molecule has 3 rings (SSSR count). The molecule has 3 heteroatoms. The summed E-state index contributed by atoms with van der Waals surface area (Å²) in [5.41, 5.74) is 10.9. The SMILES string of the molecule is CC1CCc2ccc(-c3cc(N)n(C)n3)cc21. The molecule has 2 aromatic rings. The molecule has 17 heavy (non-hydrogen) atoms. The lowest BCUT2D eigenvalue weighted by molar-refractivity contribution is 0.747. The Morgan fingerprint density at radius 3 is 2.88 bits per heavy atom. The second-order valence-electron chi connectivity index (χ2n) is 4.93. The van der Waals surface area contributed by atoms with Gasteiger partial charge in [-0.15, -0.1) is 0 Å². The van der Waals surface area contributed by atoms with Gasteiger partial charge in [-0.2, -0.15) is 5.10 Å². The lowest BCUT2D eigenvalue weighted by Gasteiger charge is -2.06. The van der Waals surface area contributed by atoms with Gasteiger partial charge in [0.15, 0.2) is 0 Å². The van der Waals surface area contributed by atoms with Crippen LogP contribution in [0.3, 0.4) is 0 Å². The van der Waals surface area contributed by atoms with Crippen LogP contribution in [0.4, 0.5) is 5.82 Å². The van der Waals surface area contributed by atoms with Gasteiger partial charge in [-0.1, -0.05) is 19.1 Å². The Morgan fingerprint density at radius 1 is 1.35 bits per heavy atom. The van der Waals surface area contributed by atoms with Crippen molar-refractivity contribution in [3.63, 3.8) is 0 Å². The summed E-state index contributed by atoms with van der Waals surface area (Å²) in [6.45, 7) is 2.29. The van der Waals surface area contributed by atoms with E-state index in [1.54, 1.807) is 4.68 Å². The first-order chi connectivity index (χ1) is 8.15. The maximum atomic E-state index is 5.82. The van der Waals surface area contributed by atoms with E-state index in [1.165, 1.54) is 29.5 Å². The summed E-state index contributed by atoms with van der Waals surface area (Å²) in [6.07, 6.45) is 2.48. The Labute approximate surface area is 101 Å². The van der Waals surface area contributed by atoms with Crippen molar-refractivity contribution >= 4 is 5.82 Å². The molecule has 0 fully saturated rings. The average Bonchev–Trinajstić information content (AvgIpc) is 2.84. The summed E-state index contributed by atoms with van der Waals surface area (Å²) in [5, 5.41) is 4.42. The lowest BCUT2D eigenvalue weighted by Crippen LogP contribution is -1.96. The summed E-state index contributed by atoms with van der Waals surface area (Å²) in [7, 11) is 1.87. The van der Waals surface area contributed by atoms with Gasteiger partial charge in [0.05, 0.1) is 5.69 Å². The molecule has 0 spiro atoms. The van der Waals surface area contributed by atoms with E-state index in [-0.39, 0.29) is 0 Å². The molecule has 0 radical (unpaired) electrons. The predicted octanol–water partition coefficient (Wildman–Crippen LogP) is 2.72. The Kier molecular flexibility index (Phi) is 2.21. The minimum absolute atomic E-state index is 0.672. The predicted molar refractivity (Wildman–Crippen MR) is 69.8 cm³/mol. The van der Waals surface area contributed by atoms with Gasteiger partial charge in [-0.25, -0.2) is 0 Å². The van der Waals surface area contributed by atoms with Crippen LogP contribution < -0.4 is 5.73 Å². The molecule has 1 heterocycles. The number of nitrogen functional groups attached to an aromatic ring is 1. The minimum Gasteiger partial charge on any atom is -0.384 e. The van der Waals surface area contributed by atoms with Gasteiger partial charge in [0.25, 0.3) is 0 Å². The van der Waals surface area contributed by atoms with Crippen LogP contribution in [-0.4, -0.2) is 9.78 Å². The molecule has 1 aliphatic carbocycles. The van der Waals surface area contributed by atoms with Crippen LogP contribution in [0.5, 0.6) is 0 Å². The van der Waals surface area contributed by atoms with Crippen molar-refractivity contribution in [2.75, 3.05) is 5.73 Å². The van der Waals surface area contributed by atoms with Crippen LogP contribution in [0.1, 0.15) is 30.4 Å². The molecule has 0 bridgehead atoms. The molecule has 0 saturated heterocycles. The third kappa shape index (κ3) is 1.62. The first-order valence-corrected chi connectivity index (χ1v) is 6.08. The quantitative estimate of drug-likeness (QED) is 0.814. The maximum absolute atomic E-state index is 5.82. The maximum Gasteiger partial charge on any atom is 0.121 e. The molecule has 1 aliphatic rings. The number of nitrogens with zero attached hydrogens (tertiary/aromatic N) is 2. The van der Waals surface area contributed by atoms with E-state index in [1.807, 2.05) is 13.1 Å². The number of fused-ring (bicyclic) bond motifs is 1. The molecule has 1 atom stereocenters. The van der Waals surface area contributed by atoms with Gasteiger partial charge in [0.2, 0.25) is 0 Å². The van der Waals surface area contributed by atoms with Crippen molar-refractivity contribution in [3.8, 4) is 11.3 Å². The molecular formula is C14H17N3. The Hall–Kier alpha value is -1.77. The van der Waals surface area contributed by atoms with Crippen LogP contribution in [0, 0.1) is 0 Å².